The van der Waals surface area contributed by atoms with Crippen molar-refractivity contribution in [2.75, 3.05) is 18.4 Å². The van der Waals surface area contributed by atoms with Crippen molar-refractivity contribution in [3.8, 4) is 0 Å². The topological polar surface area (TPSA) is 91.7 Å². The number of hydrogen-bond donors (Lipinski definition) is 2. The highest BCUT2D eigenvalue weighted by molar-refractivity contribution is 6.05. The molecule has 1 unspecified atom stereocenters. The van der Waals surface area contributed by atoms with Crippen molar-refractivity contribution in [1.29, 1.82) is 0 Å². The van der Waals surface area contributed by atoms with E-state index in [9.17, 15) is 14.4 Å². The van der Waals surface area contributed by atoms with Gasteiger partial charge in [-0.15, -0.1) is 0 Å². The van der Waals surface area contributed by atoms with Crippen molar-refractivity contribution in [3.63, 3.8) is 0 Å². The molecular formula is C21H25N3O4. The van der Waals surface area contributed by atoms with Gasteiger partial charge in [-0.3, -0.25) is 14.4 Å². The number of benzene rings is 1. The van der Waals surface area contributed by atoms with Crippen LogP contribution in [-0.4, -0.2) is 35.7 Å². The molecule has 0 saturated carbocycles. The summed E-state index contributed by atoms with van der Waals surface area (Å²) < 4.78 is 5.28. The molecule has 2 heterocycles. The molecule has 1 aliphatic rings. The lowest BCUT2D eigenvalue weighted by atomic mass is 10.1. The van der Waals surface area contributed by atoms with Gasteiger partial charge in [0.15, 0.2) is 0 Å². The van der Waals surface area contributed by atoms with Gasteiger partial charge in [-0.1, -0.05) is 26.0 Å². The van der Waals surface area contributed by atoms with Crippen molar-refractivity contribution in [3.05, 3.63) is 54.0 Å². The van der Waals surface area contributed by atoms with Crippen LogP contribution in [0.25, 0.3) is 0 Å². The standard InChI is InChI=1S/C21H25N3O4/c1-14(2)11-22-21(27)17-7-3-4-8-18(17)23-20(26)15-10-19(25)24(12-15)13-16-6-5-9-28-16/h3-9,14-15H,10-13H2,1-2H3,(H,22,27)(H,23,26). The van der Waals surface area contributed by atoms with Crippen LogP contribution in [0.15, 0.2) is 47.1 Å². The Morgan fingerprint density at radius 3 is 2.71 bits per heavy atom. The second kappa shape index (κ2) is 8.73. The van der Waals surface area contributed by atoms with Crippen LogP contribution in [0.1, 0.15) is 36.4 Å². The smallest absolute Gasteiger partial charge is 0.253 e. The Labute approximate surface area is 164 Å². The normalized spacial score (nSPS) is 16.5. The molecule has 28 heavy (non-hydrogen) atoms. The molecule has 2 N–H and O–H groups in total. The summed E-state index contributed by atoms with van der Waals surface area (Å²) in [7, 11) is 0. The van der Waals surface area contributed by atoms with Crippen molar-refractivity contribution in [2.45, 2.75) is 26.8 Å². The third-order valence-corrected chi connectivity index (χ3v) is 4.61. The molecule has 1 aromatic carbocycles. The second-order valence-corrected chi connectivity index (χ2v) is 7.39. The first-order valence-electron chi connectivity index (χ1n) is 9.42. The molecule has 1 saturated heterocycles. The van der Waals surface area contributed by atoms with E-state index in [1.165, 1.54) is 0 Å². The maximum Gasteiger partial charge on any atom is 0.253 e. The number of nitrogens with zero attached hydrogens (tertiary/aromatic N) is 1. The molecule has 0 aliphatic carbocycles. The fourth-order valence-corrected chi connectivity index (χ4v) is 3.11. The minimum absolute atomic E-state index is 0.0838. The van der Waals surface area contributed by atoms with Gasteiger partial charge in [-0.25, -0.2) is 0 Å². The summed E-state index contributed by atoms with van der Waals surface area (Å²) in [6, 6.07) is 10.4. The minimum atomic E-state index is -0.464. The molecule has 0 radical (unpaired) electrons. The molecule has 7 nitrogen and oxygen atoms in total. The van der Waals surface area contributed by atoms with E-state index in [2.05, 4.69) is 10.6 Å². The number of rotatable bonds is 7. The van der Waals surface area contributed by atoms with Crippen molar-refractivity contribution < 1.29 is 18.8 Å². The highest BCUT2D eigenvalue weighted by atomic mass is 16.3. The zero-order valence-corrected chi connectivity index (χ0v) is 16.1. The van der Waals surface area contributed by atoms with Crippen LogP contribution in [0.3, 0.4) is 0 Å². The van der Waals surface area contributed by atoms with Gasteiger partial charge < -0.3 is 20.0 Å². The van der Waals surface area contributed by atoms with Crippen molar-refractivity contribution in [1.82, 2.24) is 10.2 Å². The third kappa shape index (κ3) is 4.79. The second-order valence-electron chi connectivity index (χ2n) is 7.39. The van der Waals surface area contributed by atoms with Crippen LogP contribution in [-0.2, 0) is 16.1 Å². The molecule has 2 aromatic rings. The first kappa shape index (κ1) is 19.7. The quantitative estimate of drug-likeness (QED) is 0.769. The lowest BCUT2D eigenvalue weighted by Gasteiger charge is -2.16. The molecule has 3 amide bonds. The zero-order chi connectivity index (χ0) is 20.1. The summed E-state index contributed by atoms with van der Waals surface area (Å²) in [5.41, 5.74) is 0.860. The Hall–Kier alpha value is -3.09. The predicted octanol–water partition coefficient (Wildman–Crippen LogP) is 2.65. The first-order chi connectivity index (χ1) is 13.4. The average Bonchev–Trinajstić information content (AvgIpc) is 3.30. The van der Waals surface area contributed by atoms with E-state index in [4.69, 9.17) is 4.42 Å². The lowest BCUT2D eigenvalue weighted by Crippen LogP contribution is -2.30. The van der Waals surface area contributed by atoms with Crippen LogP contribution in [0, 0.1) is 11.8 Å². The lowest BCUT2D eigenvalue weighted by molar-refractivity contribution is -0.128. The van der Waals surface area contributed by atoms with Crippen LogP contribution in [0.5, 0.6) is 0 Å². The number of carbonyl (C=O) groups is 3. The number of likely N-dealkylation sites (tertiary alicyclic amines) is 1. The van der Waals surface area contributed by atoms with Gasteiger partial charge in [0.25, 0.3) is 5.91 Å². The van der Waals surface area contributed by atoms with E-state index in [-0.39, 0.29) is 24.1 Å². The van der Waals surface area contributed by atoms with E-state index in [0.717, 1.165) is 0 Å². The molecule has 3 rings (SSSR count). The summed E-state index contributed by atoms with van der Waals surface area (Å²) in [5.74, 6) is -0.0309. The summed E-state index contributed by atoms with van der Waals surface area (Å²) in [4.78, 5) is 39.0. The zero-order valence-electron chi connectivity index (χ0n) is 16.1. The van der Waals surface area contributed by atoms with Gasteiger partial charge in [0.2, 0.25) is 11.8 Å². The van der Waals surface area contributed by atoms with Gasteiger partial charge >= 0.3 is 0 Å². The van der Waals surface area contributed by atoms with Crippen molar-refractivity contribution in [2.24, 2.45) is 11.8 Å². The molecule has 148 valence electrons. The van der Waals surface area contributed by atoms with Crippen LogP contribution < -0.4 is 10.6 Å². The third-order valence-electron chi connectivity index (χ3n) is 4.61. The van der Waals surface area contributed by atoms with Crippen LogP contribution in [0.2, 0.25) is 0 Å². The van der Waals surface area contributed by atoms with E-state index in [0.29, 0.717) is 42.6 Å². The number of furan rings is 1. The Morgan fingerprint density at radius 2 is 2.00 bits per heavy atom. The van der Waals surface area contributed by atoms with E-state index >= 15 is 0 Å². The number of amides is 3. The van der Waals surface area contributed by atoms with Crippen molar-refractivity contribution >= 4 is 23.4 Å². The van der Waals surface area contributed by atoms with Gasteiger partial charge in [0.05, 0.1) is 30.0 Å². The maximum absolute atomic E-state index is 12.7. The van der Waals surface area contributed by atoms with Gasteiger partial charge in [0.1, 0.15) is 5.76 Å². The molecule has 1 aromatic heterocycles. The maximum atomic E-state index is 12.7. The molecule has 1 atom stereocenters. The number of hydrogen-bond acceptors (Lipinski definition) is 4. The SMILES string of the molecule is CC(C)CNC(=O)c1ccccc1NC(=O)C1CC(=O)N(Cc2ccco2)C1. The highest BCUT2D eigenvalue weighted by Gasteiger charge is 2.35. The largest absolute Gasteiger partial charge is 0.467 e. The molecule has 7 heteroatoms. The summed E-state index contributed by atoms with van der Waals surface area (Å²) in [6.07, 6.45) is 1.70. The molecule has 0 bridgehead atoms. The predicted molar refractivity (Wildman–Crippen MR) is 104 cm³/mol. The molecule has 1 fully saturated rings. The summed E-state index contributed by atoms with van der Waals surface area (Å²) in [6.45, 7) is 5.26. The Kier molecular flexibility index (Phi) is 6.13. The Bertz CT molecular complexity index is 845. The van der Waals surface area contributed by atoms with Gasteiger partial charge in [-0.2, -0.15) is 0 Å². The first-order valence-corrected chi connectivity index (χ1v) is 9.42. The molecular weight excluding hydrogens is 358 g/mol. The highest BCUT2D eigenvalue weighted by Crippen LogP contribution is 2.23. The minimum Gasteiger partial charge on any atom is -0.467 e. The number of anilines is 1. The fraction of sp³-hybridized carbons (Fsp3) is 0.381. The van der Waals surface area contributed by atoms with Crippen LogP contribution in [0.4, 0.5) is 5.69 Å². The van der Waals surface area contributed by atoms with E-state index in [1.807, 2.05) is 13.8 Å². The Balaban J connectivity index is 1.63. The number of nitrogens with one attached hydrogen (secondary N) is 2. The molecule has 1 aliphatic heterocycles. The van der Waals surface area contributed by atoms with Gasteiger partial charge in [0, 0.05) is 19.5 Å². The average molecular weight is 383 g/mol. The number of para-hydroxylation sites is 1. The van der Waals surface area contributed by atoms with Gasteiger partial charge in [-0.05, 0) is 30.2 Å². The Morgan fingerprint density at radius 1 is 1.21 bits per heavy atom. The van der Waals surface area contributed by atoms with E-state index < -0.39 is 5.92 Å². The molecule has 0 spiro atoms. The monoisotopic (exact) mass is 383 g/mol. The summed E-state index contributed by atoms with van der Waals surface area (Å²) in [5, 5.41) is 5.68. The van der Waals surface area contributed by atoms with Crippen LogP contribution >= 0.6 is 0 Å². The summed E-state index contributed by atoms with van der Waals surface area (Å²) >= 11 is 0. The number of carbonyl (C=O) groups excluding carboxylic acids is 3. The fourth-order valence-electron chi connectivity index (χ4n) is 3.11. The van der Waals surface area contributed by atoms with E-state index in [1.54, 1.807) is 47.6 Å².